The van der Waals surface area contributed by atoms with Gasteiger partial charge in [0.1, 0.15) is 6.29 Å². The van der Waals surface area contributed by atoms with Gasteiger partial charge in [0, 0.05) is 5.56 Å². The maximum atomic E-state index is 10.6. The first-order chi connectivity index (χ1) is 6.38. The van der Waals surface area contributed by atoms with E-state index in [-0.39, 0.29) is 0 Å². The van der Waals surface area contributed by atoms with Crippen LogP contribution in [-0.4, -0.2) is 12.0 Å². The highest BCUT2D eigenvalue weighted by atomic mass is 32.1. The van der Waals surface area contributed by atoms with Gasteiger partial charge in [-0.1, -0.05) is 24.3 Å². The molecule has 0 saturated carbocycles. The fraction of sp³-hybridized carbons (Fsp3) is 0.364. The van der Waals surface area contributed by atoms with Crippen LogP contribution in [0.25, 0.3) is 0 Å². The minimum atomic E-state index is 0.821. The summed E-state index contributed by atoms with van der Waals surface area (Å²) in [6.07, 6.45) is 4.12. The molecule has 0 radical (unpaired) electrons. The zero-order valence-corrected chi connectivity index (χ0v) is 8.47. The van der Waals surface area contributed by atoms with Crippen LogP contribution in [0, 0.1) is 0 Å². The molecule has 1 nitrogen and oxygen atoms in total. The third-order valence-electron chi connectivity index (χ3n) is 2.04. The summed E-state index contributed by atoms with van der Waals surface area (Å²) in [6, 6.07) is 7.75. The van der Waals surface area contributed by atoms with Crippen molar-refractivity contribution in [3.8, 4) is 0 Å². The topological polar surface area (TPSA) is 17.1 Å². The van der Waals surface area contributed by atoms with Crippen LogP contribution in [0.1, 0.15) is 28.8 Å². The van der Waals surface area contributed by atoms with Crippen molar-refractivity contribution in [2.75, 3.05) is 5.75 Å². The van der Waals surface area contributed by atoms with Crippen molar-refractivity contribution in [2.45, 2.75) is 19.3 Å². The fourth-order valence-electron chi connectivity index (χ4n) is 1.30. The number of carbonyl (C=O) groups is 1. The molecule has 0 heterocycles. The van der Waals surface area contributed by atoms with Gasteiger partial charge in [0.2, 0.25) is 0 Å². The van der Waals surface area contributed by atoms with Crippen LogP contribution in [0.3, 0.4) is 0 Å². The van der Waals surface area contributed by atoms with Gasteiger partial charge in [-0.2, -0.15) is 12.6 Å². The lowest BCUT2D eigenvalue weighted by atomic mass is 10.0. The second-order valence-corrected chi connectivity index (χ2v) is 3.44. The van der Waals surface area contributed by atoms with Crippen LogP contribution in [-0.2, 0) is 6.42 Å². The van der Waals surface area contributed by atoms with Crippen molar-refractivity contribution in [2.24, 2.45) is 0 Å². The van der Waals surface area contributed by atoms with Crippen molar-refractivity contribution >= 4 is 18.9 Å². The summed E-state index contributed by atoms with van der Waals surface area (Å²) < 4.78 is 0. The maximum Gasteiger partial charge on any atom is 0.150 e. The Labute approximate surface area is 84.6 Å². The van der Waals surface area contributed by atoms with Gasteiger partial charge in [0.05, 0.1) is 0 Å². The number of aldehydes is 1. The molecule has 2 heteroatoms. The Kier molecular flexibility index (Phi) is 4.61. The van der Waals surface area contributed by atoms with E-state index in [1.54, 1.807) is 0 Å². The van der Waals surface area contributed by atoms with Gasteiger partial charge >= 0.3 is 0 Å². The largest absolute Gasteiger partial charge is 0.298 e. The quantitative estimate of drug-likeness (QED) is 0.433. The minimum Gasteiger partial charge on any atom is -0.298 e. The van der Waals surface area contributed by atoms with Gasteiger partial charge in [-0.15, -0.1) is 0 Å². The van der Waals surface area contributed by atoms with E-state index in [4.69, 9.17) is 0 Å². The lowest BCUT2D eigenvalue weighted by molar-refractivity contribution is 0.112. The molecule has 0 bridgehead atoms. The van der Waals surface area contributed by atoms with E-state index < -0.39 is 0 Å². The minimum absolute atomic E-state index is 0.821. The molecule has 1 aromatic carbocycles. The average Bonchev–Trinajstić information content (AvgIpc) is 2.19. The lowest BCUT2D eigenvalue weighted by Crippen LogP contribution is -1.92. The van der Waals surface area contributed by atoms with E-state index >= 15 is 0 Å². The van der Waals surface area contributed by atoms with Gasteiger partial charge in [-0.25, -0.2) is 0 Å². The molecular formula is C11H14OS. The van der Waals surface area contributed by atoms with Gasteiger partial charge in [0.15, 0.2) is 0 Å². The van der Waals surface area contributed by atoms with E-state index in [2.05, 4.69) is 12.6 Å². The van der Waals surface area contributed by atoms with E-state index in [0.717, 1.165) is 42.4 Å². The van der Waals surface area contributed by atoms with Gasteiger partial charge in [0.25, 0.3) is 0 Å². The van der Waals surface area contributed by atoms with Gasteiger partial charge < -0.3 is 0 Å². The Hall–Kier alpha value is -0.760. The van der Waals surface area contributed by atoms with Crippen LogP contribution < -0.4 is 0 Å². The fourth-order valence-corrected chi connectivity index (χ4v) is 1.53. The molecule has 0 aliphatic heterocycles. The number of rotatable bonds is 5. The summed E-state index contributed by atoms with van der Waals surface area (Å²) in [5, 5.41) is 0. The van der Waals surface area contributed by atoms with E-state index in [9.17, 15) is 4.79 Å². The second kappa shape index (κ2) is 5.81. The molecule has 0 fully saturated rings. The number of carbonyl (C=O) groups excluding carboxylic acids is 1. The van der Waals surface area contributed by atoms with Crippen molar-refractivity contribution in [1.29, 1.82) is 0 Å². The Morgan fingerprint density at radius 2 is 2.00 bits per heavy atom. The molecule has 1 aromatic rings. The Bertz CT molecular complexity index is 271. The summed E-state index contributed by atoms with van der Waals surface area (Å²) in [5.74, 6) is 0.920. The number of aryl methyl sites for hydroxylation is 1. The maximum absolute atomic E-state index is 10.6. The average molecular weight is 194 g/mol. The Morgan fingerprint density at radius 3 is 2.69 bits per heavy atom. The third-order valence-corrected chi connectivity index (χ3v) is 2.35. The zero-order chi connectivity index (χ0) is 9.52. The number of hydrogen-bond donors (Lipinski definition) is 1. The first-order valence-electron chi connectivity index (χ1n) is 4.52. The highest BCUT2D eigenvalue weighted by Gasteiger charge is 1.98. The predicted molar refractivity (Wildman–Crippen MR) is 58.6 cm³/mol. The molecule has 0 atom stereocenters. The molecule has 0 unspecified atom stereocenters. The smallest absolute Gasteiger partial charge is 0.150 e. The van der Waals surface area contributed by atoms with E-state index in [1.165, 1.54) is 0 Å². The molecule has 0 aliphatic rings. The highest BCUT2D eigenvalue weighted by Crippen LogP contribution is 2.10. The summed E-state index contributed by atoms with van der Waals surface area (Å²) in [6.45, 7) is 0. The molecule has 0 aromatic heterocycles. The van der Waals surface area contributed by atoms with Crippen LogP contribution in [0.5, 0.6) is 0 Å². The molecule has 0 spiro atoms. The number of unbranched alkanes of at least 4 members (excludes halogenated alkanes) is 1. The molecular weight excluding hydrogens is 180 g/mol. The van der Waals surface area contributed by atoms with Gasteiger partial charge in [-0.3, -0.25) is 4.79 Å². The van der Waals surface area contributed by atoms with Crippen LogP contribution in [0.15, 0.2) is 24.3 Å². The van der Waals surface area contributed by atoms with Gasteiger partial charge in [-0.05, 0) is 30.6 Å². The van der Waals surface area contributed by atoms with E-state index in [1.807, 2.05) is 24.3 Å². The summed E-state index contributed by atoms with van der Waals surface area (Å²) in [7, 11) is 0. The lowest BCUT2D eigenvalue weighted by Gasteiger charge is -2.02. The van der Waals surface area contributed by atoms with Crippen molar-refractivity contribution in [3.05, 3.63) is 35.4 Å². The molecule has 70 valence electrons. The first kappa shape index (κ1) is 10.3. The van der Waals surface area contributed by atoms with E-state index in [0.29, 0.717) is 0 Å². The standard InChI is InChI=1S/C11H14OS/c12-9-11-7-2-1-5-10(11)6-3-4-8-13/h1-2,5,7,9,13H,3-4,6,8H2. The SMILES string of the molecule is O=Cc1ccccc1CCCCS. The molecule has 0 N–H and O–H groups in total. The molecule has 13 heavy (non-hydrogen) atoms. The number of hydrogen-bond acceptors (Lipinski definition) is 2. The Balaban J connectivity index is 2.59. The predicted octanol–water partition coefficient (Wildman–Crippen LogP) is 2.75. The normalized spacial score (nSPS) is 9.92. The van der Waals surface area contributed by atoms with Crippen LogP contribution in [0.4, 0.5) is 0 Å². The molecule has 1 rings (SSSR count). The monoisotopic (exact) mass is 194 g/mol. The molecule has 0 saturated heterocycles. The first-order valence-corrected chi connectivity index (χ1v) is 5.15. The summed E-state index contributed by atoms with van der Waals surface area (Å²) in [5.41, 5.74) is 1.97. The van der Waals surface area contributed by atoms with Crippen LogP contribution in [0.2, 0.25) is 0 Å². The summed E-state index contributed by atoms with van der Waals surface area (Å²) >= 11 is 4.15. The summed E-state index contributed by atoms with van der Waals surface area (Å²) in [4.78, 5) is 10.6. The number of thiol groups is 1. The van der Waals surface area contributed by atoms with Crippen molar-refractivity contribution in [3.63, 3.8) is 0 Å². The number of benzene rings is 1. The third kappa shape index (κ3) is 3.23. The molecule has 0 amide bonds. The molecule has 0 aliphatic carbocycles. The second-order valence-electron chi connectivity index (χ2n) is 3.00. The zero-order valence-electron chi connectivity index (χ0n) is 7.57. The highest BCUT2D eigenvalue weighted by molar-refractivity contribution is 7.80. The Morgan fingerprint density at radius 1 is 1.23 bits per heavy atom. The van der Waals surface area contributed by atoms with Crippen molar-refractivity contribution < 1.29 is 4.79 Å². The van der Waals surface area contributed by atoms with Crippen molar-refractivity contribution in [1.82, 2.24) is 0 Å². The van der Waals surface area contributed by atoms with Crippen LogP contribution >= 0.6 is 12.6 Å².